The Kier molecular flexibility index (Phi) is 5.02. The highest BCUT2D eigenvalue weighted by molar-refractivity contribution is 5.13. The molecule has 1 N–H and O–H groups in total. The molecule has 1 aliphatic rings. The number of benzene rings is 1. The van der Waals surface area contributed by atoms with Crippen LogP contribution < -0.4 is 5.32 Å². The van der Waals surface area contributed by atoms with Gasteiger partial charge in [-0.15, -0.1) is 0 Å². The summed E-state index contributed by atoms with van der Waals surface area (Å²) in [6.07, 6.45) is 5.47. The number of rotatable bonds is 6. The van der Waals surface area contributed by atoms with Crippen molar-refractivity contribution in [1.82, 2.24) is 5.32 Å². The van der Waals surface area contributed by atoms with E-state index in [2.05, 4.69) is 36.5 Å². The van der Waals surface area contributed by atoms with Crippen molar-refractivity contribution in [3.8, 4) is 0 Å². The van der Waals surface area contributed by atoms with Crippen molar-refractivity contribution in [2.45, 2.75) is 51.4 Å². The molecule has 2 heteroatoms. The van der Waals surface area contributed by atoms with Crippen molar-refractivity contribution in [1.29, 1.82) is 0 Å². The third-order valence-electron chi connectivity index (χ3n) is 3.42. The Labute approximate surface area is 104 Å². The zero-order valence-corrected chi connectivity index (χ0v) is 10.7. The van der Waals surface area contributed by atoms with E-state index in [1.165, 1.54) is 31.2 Å². The van der Waals surface area contributed by atoms with E-state index in [1.807, 2.05) is 6.07 Å². The second-order valence-electron chi connectivity index (χ2n) is 4.90. The minimum atomic E-state index is 0.400. The van der Waals surface area contributed by atoms with Gasteiger partial charge in [0.2, 0.25) is 0 Å². The number of unbranched alkanes of at least 4 members (excludes halogenated alkanes) is 1. The Balaban J connectivity index is 1.68. The molecule has 0 radical (unpaired) electrons. The van der Waals surface area contributed by atoms with Crippen LogP contribution in [0.3, 0.4) is 0 Å². The van der Waals surface area contributed by atoms with Crippen LogP contribution in [0.1, 0.15) is 38.2 Å². The van der Waals surface area contributed by atoms with Crippen LogP contribution in [0.15, 0.2) is 30.3 Å². The van der Waals surface area contributed by atoms with Crippen LogP contribution in [0.5, 0.6) is 0 Å². The lowest BCUT2D eigenvalue weighted by Crippen LogP contribution is -2.21. The first kappa shape index (κ1) is 12.6. The molecule has 1 aliphatic heterocycles. The summed E-state index contributed by atoms with van der Waals surface area (Å²) in [7, 11) is 0. The molecule has 0 aliphatic carbocycles. The summed E-state index contributed by atoms with van der Waals surface area (Å²) in [6, 6.07) is 11.1. The van der Waals surface area contributed by atoms with E-state index < -0.39 is 0 Å². The van der Waals surface area contributed by atoms with Crippen molar-refractivity contribution in [3.05, 3.63) is 35.9 Å². The maximum absolute atomic E-state index is 5.94. The molecule has 0 amide bonds. The molecular weight excluding hydrogens is 210 g/mol. The summed E-state index contributed by atoms with van der Waals surface area (Å²) in [6.45, 7) is 4.01. The molecule has 1 saturated heterocycles. The van der Waals surface area contributed by atoms with Crippen molar-refractivity contribution in [2.75, 3.05) is 6.54 Å². The van der Waals surface area contributed by atoms with Gasteiger partial charge in [0.05, 0.1) is 12.7 Å². The minimum absolute atomic E-state index is 0.400. The lowest BCUT2D eigenvalue weighted by molar-refractivity contribution is 0.0524. The number of ether oxygens (including phenoxy) is 1. The van der Waals surface area contributed by atoms with E-state index in [9.17, 15) is 0 Å². The van der Waals surface area contributed by atoms with Gasteiger partial charge < -0.3 is 10.1 Å². The molecule has 2 unspecified atom stereocenters. The third-order valence-corrected chi connectivity index (χ3v) is 3.42. The van der Waals surface area contributed by atoms with Gasteiger partial charge >= 0.3 is 0 Å². The van der Waals surface area contributed by atoms with Crippen LogP contribution in [-0.4, -0.2) is 18.7 Å². The van der Waals surface area contributed by atoms with E-state index in [0.29, 0.717) is 12.1 Å². The topological polar surface area (TPSA) is 21.3 Å². The van der Waals surface area contributed by atoms with Crippen LogP contribution in [0, 0.1) is 0 Å². The normalized spacial score (nSPS) is 24.1. The molecule has 1 fully saturated rings. The van der Waals surface area contributed by atoms with E-state index >= 15 is 0 Å². The van der Waals surface area contributed by atoms with Gasteiger partial charge in [0.25, 0.3) is 0 Å². The summed E-state index contributed by atoms with van der Waals surface area (Å²) in [5, 5.41) is 3.55. The SMILES string of the molecule is CCCCC1CC(OCc2ccccc2)CN1. The van der Waals surface area contributed by atoms with Crippen LogP contribution in [0.4, 0.5) is 0 Å². The first-order valence-electron chi connectivity index (χ1n) is 6.77. The van der Waals surface area contributed by atoms with Crippen molar-refractivity contribution >= 4 is 0 Å². The molecule has 0 spiro atoms. The smallest absolute Gasteiger partial charge is 0.0721 e. The third kappa shape index (κ3) is 4.14. The van der Waals surface area contributed by atoms with Crippen molar-refractivity contribution in [3.63, 3.8) is 0 Å². The molecule has 0 saturated carbocycles. The molecule has 94 valence electrons. The zero-order valence-electron chi connectivity index (χ0n) is 10.7. The Morgan fingerprint density at radius 2 is 2.12 bits per heavy atom. The first-order valence-corrected chi connectivity index (χ1v) is 6.77. The second kappa shape index (κ2) is 6.77. The van der Waals surface area contributed by atoms with E-state index in [-0.39, 0.29) is 0 Å². The molecular formula is C15H23NO. The Morgan fingerprint density at radius 3 is 2.88 bits per heavy atom. The van der Waals surface area contributed by atoms with Gasteiger partial charge in [-0.05, 0) is 18.4 Å². The van der Waals surface area contributed by atoms with Crippen molar-refractivity contribution in [2.24, 2.45) is 0 Å². The largest absolute Gasteiger partial charge is 0.372 e. The van der Waals surface area contributed by atoms with Crippen LogP contribution in [0.25, 0.3) is 0 Å². The Bertz CT molecular complexity index is 312. The van der Waals surface area contributed by atoms with Gasteiger partial charge in [-0.3, -0.25) is 0 Å². The highest BCUT2D eigenvalue weighted by Gasteiger charge is 2.23. The minimum Gasteiger partial charge on any atom is -0.372 e. The average molecular weight is 233 g/mol. The summed E-state index contributed by atoms with van der Waals surface area (Å²) < 4.78 is 5.94. The first-order chi connectivity index (χ1) is 8.38. The molecule has 2 rings (SSSR count). The molecule has 0 bridgehead atoms. The van der Waals surface area contributed by atoms with E-state index in [4.69, 9.17) is 4.74 Å². The lowest BCUT2D eigenvalue weighted by Gasteiger charge is -2.11. The lowest BCUT2D eigenvalue weighted by atomic mass is 10.1. The van der Waals surface area contributed by atoms with Gasteiger partial charge in [0.1, 0.15) is 0 Å². The summed E-state index contributed by atoms with van der Waals surface area (Å²) >= 11 is 0. The number of hydrogen-bond acceptors (Lipinski definition) is 2. The standard InChI is InChI=1S/C15H23NO/c1-2-3-9-14-10-15(11-16-14)17-12-13-7-5-4-6-8-13/h4-8,14-16H,2-3,9-12H2,1H3. The second-order valence-corrected chi connectivity index (χ2v) is 4.90. The van der Waals surface area contributed by atoms with E-state index in [0.717, 1.165) is 13.2 Å². The summed E-state index contributed by atoms with van der Waals surface area (Å²) in [5.74, 6) is 0. The predicted octanol–water partition coefficient (Wildman–Crippen LogP) is 3.12. The fourth-order valence-corrected chi connectivity index (χ4v) is 2.37. The number of hydrogen-bond donors (Lipinski definition) is 1. The fraction of sp³-hybridized carbons (Fsp3) is 0.600. The van der Waals surface area contributed by atoms with Gasteiger partial charge in [-0.25, -0.2) is 0 Å². The Hall–Kier alpha value is -0.860. The van der Waals surface area contributed by atoms with Gasteiger partial charge in [0.15, 0.2) is 0 Å². The highest BCUT2D eigenvalue weighted by atomic mass is 16.5. The van der Waals surface area contributed by atoms with Gasteiger partial charge in [0, 0.05) is 12.6 Å². The molecule has 1 aromatic carbocycles. The molecule has 17 heavy (non-hydrogen) atoms. The zero-order chi connectivity index (χ0) is 11.9. The van der Waals surface area contributed by atoms with Gasteiger partial charge in [-0.2, -0.15) is 0 Å². The van der Waals surface area contributed by atoms with Crippen LogP contribution >= 0.6 is 0 Å². The van der Waals surface area contributed by atoms with Crippen LogP contribution in [-0.2, 0) is 11.3 Å². The predicted molar refractivity (Wildman–Crippen MR) is 71.0 cm³/mol. The number of nitrogens with one attached hydrogen (secondary N) is 1. The maximum atomic E-state index is 5.94. The van der Waals surface area contributed by atoms with Crippen molar-refractivity contribution < 1.29 is 4.74 Å². The summed E-state index contributed by atoms with van der Waals surface area (Å²) in [5.41, 5.74) is 1.27. The molecule has 1 heterocycles. The highest BCUT2D eigenvalue weighted by Crippen LogP contribution is 2.16. The molecule has 0 aromatic heterocycles. The van der Waals surface area contributed by atoms with Crippen LogP contribution in [0.2, 0.25) is 0 Å². The monoisotopic (exact) mass is 233 g/mol. The molecule has 1 aromatic rings. The van der Waals surface area contributed by atoms with Gasteiger partial charge in [-0.1, -0.05) is 50.1 Å². The molecule has 2 nitrogen and oxygen atoms in total. The van der Waals surface area contributed by atoms with E-state index in [1.54, 1.807) is 0 Å². The fourth-order valence-electron chi connectivity index (χ4n) is 2.37. The maximum Gasteiger partial charge on any atom is 0.0721 e. The summed E-state index contributed by atoms with van der Waals surface area (Å²) in [4.78, 5) is 0. The average Bonchev–Trinajstić information content (AvgIpc) is 2.83. The molecule has 2 atom stereocenters. The Morgan fingerprint density at radius 1 is 1.29 bits per heavy atom. The quantitative estimate of drug-likeness (QED) is 0.815.